The molecule has 0 atom stereocenters. The molecule has 0 aliphatic carbocycles. The summed E-state index contributed by atoms with van der Waals surface area (Å²) in [4.78, 5) is 6.56. The molecule has 2 rings (SSSR count). The molecule has 0 unspecified atom stereocenters. The lowest BCUT2D eigenvalue weighted by Crippen LogP contribution is -2.41. The van der Waals surface area contributed by atoms with Crippen molar-refractivity contribution in [3.8, 4) is 0 Å². The average molecular weight is 461 g/mol. The summed E-state index contributed by atoms with van der Waals surface area (Å²) in [5.41, 5.74) is 1.20. The molecule has 1 saturated heterocycles. The molecule has 0 radical (unpaired) electrons. The van der Waals surface area contributed by atoms with E-state index in [4.69, 9.17) is 9.47 Å². The molecule has 0 spiro atoms. The van der Waals surface area contributed by atoms with E-state index >= 15 is 0 Å². The van der Waals surface area contributed by atoms with E-state index in [1.54, 1.807) is 0 Å². The molecular weight excluding hydrogens is 429 g/mol. The van der Waals surface area contributed by atoms with E-state index in [1.165, 1.54) is 24.8 Å². The predicted octanol–water partition coefficient (Wildman–Crippen LogP) is 3.15. The summed E-state index contributed by atoms with van der Waals surface area (Å²) in [5, 5.41) is 3.37. The Balaban J connectivity index is 0.00000312. The van der Waals surface area contributed by atoms with Crippen LogP contribution in [0.3, 0.4) is 0 Å². The molecule has 1 N–H and O–H groups in total. The topological polar surface area (TPSA) is 46.1 Å². The van der Waals surface area contributed by atoms with Crippen molar-refractivity contribution in [1.29, 1.82) is 0 Å². The number of benzene rings is 1. The molecule has 25 heavy (non-hydrogen) atoms. The van der Waals surface area contributed by atoms with Crippen LogP contribution in [0.1, 0.15) is 24.8 Å². The highest BCUT2D eigenvalue weighted by molar-refractivity contribution is 14.0. The minimum atomic E-state index is 0. The Hall–Kier alpha value is -0.860. The average Bonchev–Trinajstić information content (AvgIpc) is 2.64. The maximum absolute atomic E-state index is 5.70. The minimum Gasteiger partial charge on any atom is -0.381 e. The number of nitrogens with one attached hydrogen (secondary N) is 1. The van der Waals surface area contributed by atoms with Gasteiger partial charge in [0.05, 0.1) is 13.2 Å². The Kier molecular flexibility index (Phi) is 11.9. The third kappa shape index (κ3) is 8.87. The molecule has 1 aromatic carbocycles. The lowest BCUT2D eigenvalue weighted by molar-refractivity contribution is 0.0625. The number of guanidine groups is 1. The first kappa shape index (κ1) is 22.2. The molecule has 1 aliphatic heterocycles. The van der Waals surface area contributed by atoms with E-state index < -0.39 is 0 Å². The monoisotopic (exact) mass is 461 g/mol. The Morgan fingerprint density at radius 1 is 1.28 bits per heavy atom. The van der Waals surface area contributed by atoms with Crippen LogP contribution >= 0.6 is 24.0 Å². The van der Waals surface area contributed by atoms with Crippen molar-refractivity contribution in [2.75, 3.05) is 47.0 Å². The number of nitrogens with zero attached hydrogens (tertiary/aromatic N) is 2. The second-order valence-corrected chi connectivity index (χ2v) is 6.28. The van der Waals surface area contributed by atoms with Gasteiger partial charge >= 0.3 is 0 Å². The van der Waals surface area contributed by atoms with Crippen molar-refractivity contribution in [3.05, 3.63) is 35.9 Å². The van der Waals surface area contributed by atoms with Crippen LogP contribution in [0.5, 0.6) is 0 Å². The Bertz CT molecular complexity index is 479. The number of hydrogen-bond donors (Lipinski definition) is 1. The van der Waals surface area contributed by atoms with Gasteiger partial charge in [0.2, 0.25) is 0 Å². The van der Waals surface area contributed by atoms with Crippen LogP contribution in [-0.4, -0.2) is 57.9 Å². The highest BCUT2D eigenvalue weighted by atomic mass is 127. The van der Waals surface area contributed by atoms with Crippen molar-refractivity contribution in [2.45, 2.75) is 25.9 Å². The van der Waals surface area contributed by atoms with E-state index in [2.05, 4.69) is 34.4 Å². The third-order valence-corrected chi connectivity index (χ3v) is 4.43. The van der Waals surface area contributed by atoms with Gasteiger partial charge in [-0.2, -0.15) is 0 Å². The summed E-state index contributed by atoms with van der Waals surface area (Å²) < 4.78 is 11.1. The predicted molar refractivity (Wildman–Crippen MR) is 114 cm³/mol. The van der Waals surface area contributed by atoms with Crippen LogP contribution in [0.25, 0.3) is 0 Å². The Morgan fingerprint density at radius 2 is 2.00 bits per heavy atom. The molecular formula is C19H32IN3O2. The number of rotatable bonds is 8. The summed E-state index contributed by atoms with van der Waals surface area (Å²) in [5.74, 6) is 1.72. The SMILES string of the molecule is CN=C(NCCOCc1ccccc1)N(C)CCC1CCOCC1.I. The maximum Gasteiger partial charge on any atom is 0.193 e. The molecule has 5 nitrogen and oxygen atoms in total. The van der Waals surface area contributed by atoms with Gasteiger partial charge in [0, 0.05) is 40.4 Å². The first-order chi connectivity index (χ1) is 11.8. The first-order valence-corrected chi connectivity index (χ1v) is 8.91. The first-order valence-electron chi connectivity index (χ1n) is 8.91. The number of halogens is 1. The van der Waals surface area contributed by atoms with E-state index in [1.807, 2.05) is 25.2 Å². The van der Waals surface area contributed by atoms with Crippen LogP contribution in [0.15, 0.2) is 35.3 Å². The fourth-order valence-electron chi connectivity index (χ4n) is 2.90. The van der Waals surface area contributed by atoms with Gasteiger partial charge in [0.25, 0.3) is 0 Å². The van der Waals surface area contributed by atoms with Gasteiger partial charge in [-0.05, 0) is 30.7 Å². The zero-order valence-electron chi connectivity index (χ0n) is 15.4. The normalized spacial score (nSPS) is 15.5. The minimum absolute atomic E-state index is 0. The molecule has 1 heterocycles. The van der Waals surface area contributed by atoms with Crippen molar-refractivity contribution < 1.29 is 9.47 Å². The molecule has 0 saturated carbocycles. The van der Waals surface area contributed by atoms with Crippen LogP contribution in [0, 0.1) is 5.92 Å². The van der Waals surface area contributed by atoms with E-state index in [9.17, 15) is 0 Å². The highest BCUT2D eigenvalue weighted by Crippen LogP contribution is 2.18. The lowest BCUT2D eigenvalue weighted by Gasteiger charge is -2.26. The van der Waals surface area contributed by atoms with Crippen LogP contribution in [-0.2, 0) is 16.1 Å². The fraction of sp³-hybridized carbons (Fsp3) is 0.632. The Morgan fingerprint density at radius 3 is 2.68 bits per heavy atom. The molecule has 6 heteroatoms. The molecule has 0 aromatic heterocycles. The van der Waals surface area contributed by atoms with Crippen molar-refractivity contribution in [1.82, 2.24) is 10.2 Å². The lowest BCUT2D eigenvalue weighted by atomic mass is 9.96. The standard InChI is InChI=1S/C19H31N3O2.HI/c1-20-19(22(2)12-8-17-9-13-23-14-10-17)21-11-15-24-16-18-6-4-3-5-7-18;/h3-7,17H,8-16H2,1-2H3,(H,20,21);1H. The van der Waals surface area contributed by atoms with Crippen molar-refractivity contribution >= 4 is 29.9 Å². The fourth-order valence-corrected chi connectivity index (χ4v) is 2.90. The van der Waals surface area contributed by atoms with E-state index in [0.717, 1.165) is 38.2 Å². The van der Waals surface area contributed by atoms with Crippen LogP contribution in [0.2, 0.25) is 0 Å². The van der Waals surface area contributed by atoms with Crippen molar-refractivity contribution in [2.24, 2.45) is 10.9 Å². The second-order valence-electron chi connectivity index (χ2n) is 6.28. The molecule has 0 bridgehead atoms. The summed E-state index contributed by atoms with van der Waals surface area (Å²) in [6.45, 7) is 4.94. The van der Waals surface area contributed by atoms with Gasteiger partial charge in [-0.15, -0.1) is 24.0 Å². The molecule has 1 aliphatic rings. The maximum atomic E-state index is 5.70. The van der Waals surface area contributed by atoms with Gasteiger partial charge in [-0.25, -0.2) is 0 Å². The molecule has 142 valence electrons. The summed E-state index contributed by atoms with van der Waals surface area (Å²) in [6, 6.07) is 10.2. The zero-order chi connectivity index (χ0) is 17.0. The summed E-state index contributed by atoms with van der Waals surface area (Å²) in [7, 11) is 3.93. The quantitative estimate of drug-likeness (QED) is 0.280. The molecule has 1 aromatic rings. The third-order valence-electron chi connectivity index (χ3n) is 4.43. The van der Waals surface area contributed by atoms with Gasteiger partial charge in [0.1, 0.15) is 0 Å². The van der Waals surface area contributed by atoms with E-state index in [-0.39, 0.29) is 24.0 Å². The van der Waals surface area contributed by atoms with E-state index in [0.29, 0.717) is 13.2 Å². The molecule has 0 amide bonds. The number of aliphatic imine (C=N–C) groups is 1. The second kappa shape index (κ2) is 13.4. The van der Waals surface area contributed by atoms with Gasteiger partial charge in [-0.3, -0.25) is 4.99 Å². The highest BCUT2D eigenvalue weighted by Gasteiger charge is 2.15. The number of hydrogen-bond acceptors (Lipinski definition) is 3. The summed E-state index contributed by atoms with van der Waals surface area (Å²) in [6.07, 6.45) is 3.57. The van der Waals surface area contributed by atoms with Crippen molar-refractivity contribution in [3.63, 3.8) is 0 Å². The number of ether oxygens (including phenoxy) is 2. The zero-order valence-corrected chi connectivity index (χ0v) is 17.8. The van der Waals surface area contributed by atoms with Crippen LogP contribution < -0.4 is 5.32 Å². The van der Waals surface area contributed by atoms with Gasteiger partial charge in [0.15, 0.2) is 5.96 Å². The van der Waals surface area contributed by atoms with Gasteiger partial charge in [-0.1, -0.05) is 30.3 Å². The summed E-state index contributed by atoms with van der Waals surface area (Å²) >= 11 is 0. The van der Waals surface area contributed by atoms with Gasteiger partial charge < -0.3 is 19.7 Å². The Labute approximate surface area is 169 Å². The smallest absolute Gasteiger partial charge is 0.193 e. The van der Waals surface area contributed by atoms with Crippen LogP contribution in [0.4, 0.5) is 0 Å². The molecule has 1 fully saturated rings. The largest absolute Gasteiger partial charge is 0.381 e.